The van der Waals surface area contributed by atoms with Gasteiger partial charge in [-0.25, -0.2) is 9.00 Å². The zero-order valence-electron chi connectivity index (χ0n) is 14.8. The van der Waals surface area contributed by atoms with Gasteiger partial charge in [-0.3, -0.25) is 18.8 Å². The van der Waals surface area contributed by atoms with Crippen LogP contribution in [0.25, 0.3) is 21.9 Å². The third-order valence-electron chi connectivity index (χ3n) is 4.68. The number of rotatable bonds is 4. The number of benzene rings is 2. The van der Waals surface area contributed by atoms with Gasteiger partial charge in [0.05, 0.1) is 29.3 Å². The van der Waals surface area contributed by atoms with Crippen molar-refractivity contribution in [1.82, 2.24) is 14.5 Å². The summed E-state index contributed by atoms with van der Waals surface area (Å²) in [5, 5.41) is 0.916. The van der Waals surface area contributed by atoms with Crippen molar-refractivity contribution in [1.29, 1.82) is 0 Å². The Bertz CT molecular complexity index is 1260. The van der Waals surface area contributed by atoms with Crippen molar-refractivity contribution in [3.8, 4) is 0 Å². The topological polar surface area (TPSA) is 100 Å². The number of nitrogens with zero attached hydrogens (tertiary/aromatic N) is 2. The maximum absolute atomic E-state index is 12.6. The minimum absolute atomic E-state index is 0.221. The molecule has 0 fully saturated rings. The number of aromatic nitrogens is 3. The summed E-state index contributed by atoms with van der Waals surface area (Å²) < 4.78 is 24.1. The predicted molar refractivity (Wildman–Crippen MR) is 107 cm³/mol. The molecule has 2 aromatic heterocycles. The van der Waals surface area contributed by atoms with Gasteiger partial charge in [-0.05, 0) is 54.8 Å². The highest BCUT2D eigenvalue weighted by Crippen LogP contribution is 2.25. The summed E-state index contributed by atoms with van der Waals surface area (Å²) in [6.45, 7) is 4.40. The Morgan fingerprint density at radius 2 is 2.00 bits per heavy atom. The van der Waals surface area contributed by atoms with Crippen LogP contribution in [0, 0.1) is 13.8 Å². The molecule has 4 aromatic rings. The second kappa shape index (κ2) is 6.64. The van der Waals surface area contributed by atoms with Gasteiger partial charge >= 0.3 is 5.69 Å². The number of aromatic amines is 1. The number of imidazole rings is 1. The molecular formula is C19H18N4O3S. The van der Waals surface area contributed by atoms with Gasteiger partial charge in [0, 0.05) is 11.1 Å². The van der Waals surface area contributed by atoms with Crippen molar-refractivity contribution in [3.05, 3.63) is 69.8 Å². The van der Waals surface area contributed by atoms with Crippen molar-refractivity contribution in [2.45, 2.75) is 20.4 Å². The first kappa shape index (κ1) is 17.4. The lowest BCUT2D eigenvalue weighted by molar-refractivity contribution is 0.570. The number of fused-ring (bicyclic) bond motifs is 3. The number of pyridine rings is 1. The molecule has 0 saturated heterocycles. The molecule has 7 nitrogen and oxygen atoms in total. The summed E-state index contributed by atoms with van der Waals surface area (Å²) >= 11 is -2.15. The normalized spacial score (nSPS) is 12.6. The molecule has 27 heavy (non-hydrogen) atoms. The molecule has 0 amide bonds. The zero-order valence-corrected chi connectivity index (χ0v) is 15.6. The van der Waals surface area contributed by atoms with E-state index in [0.717, 1.165) is 33.1 Å². The molecular weight excluding hydrogens is 364 g/mol. The van der Waals surface area contributed by atoms with Gasteiger partial charge in [0.15, 0.2) is 0 Å². The summed E-state index contributed by atoms with van der Waals surface area (Å²) in [5.74, 6) is 0. The molecule has 0 radical (unpaired) electrons. The van der Waals surface area contributed by atoms with E-state index in [0.29, 0.717) is 17.7 Å². The Kier molecular flexibility index (Phi) is 4.29. The third kappa shape index (κ3) is 3.24. The van der Waals surface area contributed by atoms with E-state index >= 15 is 0 Å². The number of anilines is 1. The molecule has 4 rings (SSSR count). The maximum Gasteiger partial charge on any atom is 0.326 e. The van der Waals surface area contributed by atoms with Crippen molar-refractivity contribution in [2.75, 3.05) is 4.72 Å². The smallest absolute Gasteiger partial charge is 0.304 e. The fourth-order valence-corrected chi connectivity index (χ4v) is 3.60. The molecule has 0 bridgehead atoms. The molecule has 0 saturated carbocycles. The van der Waals surface area contributed by atoms with Crippen LogP contribution in [0.5, 0.6) is 0 Å². The second-order valence-electron chi connectivity index (χ2n) is 6.54. The molecule has 8 heteroatoms. The predicted octanol–water partition coefficient (Wildman–Crippen LogP) is 3.09. The molecule has 0 aliphatic carbocycles. The van der Waals surface area contributed by atoms with Crippen LogP contribution in [0.15, 0.2) is 47.4 Å². The van der Waals surface area contributed by atoms with E-state index in [1.807, 2.05) is 26.0 Å². The minimum atomic E-state index is -2.15. The Balaban J connectivity index is 1.88. The number of hydrogen-bond donors (Lipinski definition) is 3. The SMILES string of the molecule is Cc1cc2ncc3[nH]c(=O)n(Cc4cccc(NS(=O)O)c4)c3c2cc1C. The van der Waals surface area contributed by atoms with Crippen LogP contribution in [0.4, 0.5) is 5.69 Å². The Morgan fingerprint density at radius 1 is 1.22 bits per heavy atom. The summed E-state index contributed by atoms with van der Waals surface area (Å²) in [5.41, 5.74) is 5.73. The van der Waals surface area contributed by atoms with Gasteiger partial charge in [0.25, 0.3) is 11.3 Å². The molecule has 138 valence electrons. The number of H-pyrrole nitrogens is 1. The van der Waals surface area contributed by atoms with Crippen molar-refractivity contribution in [3.63, 3.8) is 0 Å². The summed E-state index contributed by atoms with van der Waals surface area (Å²) in [6.07, 6.45) is 1.68. The largest absolute Gasteiger partial charge is 0.326 e. The Morgan fingerprint density at radius 3 is 2.78 bits per heavy atom. The summed E-state index contributed by atoms with van der Waals surface area (Å²) in [6, 6.07) is 11.2. The van der Waals surface area contributed by atoms with E-state index in [2.05, 4.69) is 20.8 Å². The van der Waals surface area contributed by atoms with Crippen molar-refractivity contribution in [2.24, 2.45) is 0 Å². The standard InChI is InChI=1S/C19H18N4O3S/c1-11-6-15-16(7-12(11)2)20-9-17-18(15)23(19(24)21-17)10-13-4-3-5-14(8-13)22-27(25)26/h3-9,22H,10H2,1-2H3,(H,21,24)(H,25,26). The monoisotopic (exact) mass is 382 g/mol. The van der Waals surface area contributed by atoms with Gasteiger partial charge < -0.3 is 4.98 Å². The average Bonchev–Trinajstić information content (AvgIpc) is 2.92. The van der Waals surface area contributed by atoms with Crippen LogP contribution in [0.1, 0.15) is 16.7 Å². The number of nitrogens with one attached hydrogen (secondary N) is 2. The number of aryl methyl sites for hydroxylation is 2. The van der Waals surface area contributed by atoms with E-state index < -0.39 is 11.3 Å². The van der Waals surface area contributed by atoms with E-state index in [1.54, 1.807) is 29.0 Å². The van der Waals surface area contributed by atoms with E-state index in [-0.39, 0.29) is 5.69 Å². The quantitative estimate of drug-likeness (QED) is 0.472. The average molecular weight is 382 g/mol. The first-order chi connectivity index (χ1) is 12.9. The van der Waals surface area contributed by atoms with E-state index in [4.69, 9.17) is 4.55 Å². The fourth-order valence-electron chi connectivity index (χ4n) is 3.27. The van der Waals surface area contributed by atoms with Crippen LogP contribution in [0.2, 0.25) is 0 Å². The lowest BCUT2D eigenvalue weighted by Gasteiger charge is -2.09. The minimum Gasteiger partial charge on any atom is -0.304 e. The fraction of sp³-hybridized carbons (Fsp3) is 0.158. The Labute approximate surface area is 157 Å². The lowest BCUT2D eigenvalue weighted by Crippen LogP contribution is -2.17. The van der Waals surface area contributed by atoms with Gasteiger partial charge in [0.2, 0.25) is 0 Å². The van der Waals surface area contributed by atoms with Crippen LogP contribution < -0.4 is 10.4 Å². The summed E-state index contributed by atoms with van der Waals surface area (Å²) in [7, 11) is 0. The third-order valence-corrected chi connectivity index (χ3v) is 5.09. The molecule has 1 atom stereocenters. The van der Waals surface area contributed by atoms with E-state index in [1.165, 1.54) is 0 Å². The highest BCUT2D eigenvalue weighted by molar-refractivity contribution is 7.80. The van der Waals surface area contributed by atoms with Crippen LogP contribution in [0.3, 0.4) is 0 Å². The lowest BCUT2D eigenvalue weighted by atomic mass is 10.1. The number of hydrogen-bond acceptors (Lipinski definition) is 3. The molecule has 0 spiro atoms. The summed E-state index contributed by atoms with van der Waals surface area (Å²) in [4.78, 5) is 19.9. The molecule has 0 aliphatic heterocycles. The van der Waals surface area contributed by atoms with Gasteiger partial charge in [0.1, 0.15) is 0 Å². The van der Waals surface area contributed by atoms with Crippen LogP contribution >= 0.6 is 0 Å². The van der Waals surface area contributed by atoms with Crippen molar-refractivity contribution < 1.29 is 8.76 Å². The highest BCUT2D eigenvalue weighted by Gasteiger charge is 2.13. The maximum atomic E-state index is 12.6. The van der Waals surface area contributed by atoms with Crippen LogP contribution in [-0.4, -0.2) is 23.3 Å². The van der Waals surface area contributed by atoms with Crippen molar-refractivity contribution >= 4 is 38.9 Å². The molecule has 3 N–H and O–H groups in total. The van der Waals surface area contributed by atoms with Gasteiger partial charge in [-0.15, -0.1) is 0 Å². The first-order valence-electron chi connectivity index (χ1n) is 8.37. The second-order valence-corrected chi connectivity index (χ2v) is 7.24. The molecule has 2 heterocycles. The molecule has 0 aliphatic rings. The molecule has 2 aromatic carbocycles. The van der Waals surface area contributed by atoms with Gasteiger partial charge in [-0.2, -0.15) is 0 Å². The highest BCUT2D eigenvalue weighted by atomic mass is 32.2. The van der Waals surface area contributed by atoms with E-state index in [9.17, 15) is 9.00 Å². The zero-order chi connectivity index (χ0) is 19.1. The van der Waals surface area contributed by atoms with Gasteiger partial charge in [-0.1, -0.05) is 12.1 Å². The molecule has 1 unspecified atom stereocenters. The Hall–Kier alpha value is -2.97. The first-order valence-corrected chi connectivity index (χ1v) is 9.48. The van der Waals surface area contributed by atoms with Crippen LogP contribution in [-0.2, 0) is 17.8 Å².